The molecule has 0 bridgehead atoms. The Labute approximate surface area is 116 Å². The van der Waals surface area contributed by atoms with E-state index in [-0.39, 0.29) is 0 Å². The molecule has 1 rings (SSSR count). The van der Waals surface area contributed by atoms with Crippen LogP contribution >= 0.6 is 0 Å². The van der Waals surface area contributed by atoms with Gasteiger partial charge in [-0.2, -0.15) is 0 Å². The van der Waals surface area contributed by atoms with Gasteiger partial charge in [-0.25, -0.2) is 0 Å². The molecule has 18 heavy (non-hydrogen) atoms. The second kappa shape index (κ2) is 12.1. The van der Waals surface area contributed by atoms with Gasteiger partial charge in [-0.1, -0.05) is 90.4 Å². The summed E-state index contributed by atoms with van der Waals surface area (Å²) in [4.78, 5) is 0. The van der Waals surface area contributed by atoms with Gasteiger partial charge in [-0.3, -0.25) is 0 Å². The first kappa shape index (κ1) is 16.1. The first-order valence-corrected chi connectivity index (χ1v) is 8.77. The Bertz CT molecular complexity index is 147. The van der Waals surface area contributed by atoms with Crippen LogP contribution in [0.4, 0.5) is 0 Å². The Hall–Kier alpha value is 0. The molecule has 0 aromatic carbocycles. The zero-order valence-corrected chi connectivity index (χ0v) is 12.8. The Kier molecular flexibility index (Phi) is 10.8. The summed E-state index contributed by atoms with van der Waals surface area (Å²) < 4.78 is 0. The van der Waals surface area contributed by atoms with Crippen LogP contribution in [-0.2, 0) is 0 Å². The monoisotopic (exact) mass is 251 g/mol. The van der Waals surface area contributed by atoms with E-state index in [9.17, 15) is 0 Å². The smallest absolute Gasteiger partial charge is 0.0241 e. The van der Waals surface area contributed by atoms with Crippen molar-refractivity contribution in [1.82, 2.24) is 0 Å². The van der Waals surface area contributed by atoms with Crippen LogP contribution in [0, 0.1) is 5.92 Å². The molecule has 0 unspecified atom stereocenters. The predicted molar refractivity (Wildman–Crippen MR) is 82.8 cm³/mol. The zero-order chi connectivity index (χ0) is 12.9. The van der Waals surface area contributed by atoms with Crippen molar-refractivity contribution in [3.05, 3.63) is 5.92 Å². The summed E-state index contributed by atoms with van der Waals surface area (Å²) in [6.45, 7) is 2.31. The molecular weight excluding hydrogens is 216 g/mol. The molecule has 0 N–H and O–H groups in total. The highest BCUT2D eigenvalue weighted by atomic mass is 14.1. The van der Waals surface area contributed by atoms with Crippen LogP contribution in [0.3, 0.4) is 0 Å². The first-order valence-electron chi connectivity index (χ1n) is 8.77. The van der Waals surface area contributed by atoms with Gasteiger partial charge in [0.15, 0.2) is 0 Å². The van der Waals surface area contributed by atoms with Crippen molar-refractivity contribution in [1.29, 1.82) is 0 Å². The summed E-state index contributed by atoms with van der Waals surface area (Å²) in [5.74, 6) is 1.91. The summed E-state index contributed by atoms with van der Waals surface area (Å²) in [6, 6.07) is 0. The molecule has 0 aromatic heterocycles. The molecule has 0 nitrogen and oxygen atoms in total. The second-order valence-corrected chi connectivity index (χ2v) is 6.24. The number of rotatable bonds is 5. The van der Waals surface area contributed by atoms with E-state index in [1.54, 1.807) is 0 Å². The summed E-state index contributed by atoms with van der Waals surface area (Å²) in [5, 5.41) is 0. The summed E-state index contributed by atoms with van der Waals surface area (Å²) in [5.41, 5.74) is 0. The Balaban J connectivity index is 2.14. The lowest BCUT2D eigenvalue weighted by Crippen LogP contribution is -2.00. The van der Waals surface area contributed by atoms with Gasteiger partial charge in [0.2, 0.25) is 0 Å². The molecule has 0 heteroatoms. The second-order valence-electron chi connectivity index (χ2n) is 6.24. The molecule has 1 aliphatic rings. The molecule has 0 heterocycles. The van der Waals surface area contributed by atoms with Crippen molar-refractivity contribution >= 4 is 0 Å². The molecule has 1 radical (unpaired) electrons. The van der Waals surface area contributed by atoms with Crippen molar-refractivity contribution in [2.75, 3.05) is 0 Å². The Morgan fingerprint density at radius 2 is 1.11 bits per heavy atom. The van der Waals surface area contributed by atoms with E-state index in [4.69, 9.17) is 0 Å². The maximum atomic E-state index is 2.31. The van der Waals surface area contributed by atoms with Crippen molar-refractivity contribution in [3.63, 3.8) is 0 Å². The lowest BCUT2D eigenvalue weighted by molar-refractivity contribution is 0.495. The molecular formula is C18H35. The van der Waals surface area contributed by atoms with Crippen LogP contribution in [0.5, 0.6) is 0 Å². The first-order chi connectivity index (χ1) is 8.93. The summed E-state index contributed by atoms with van der Waals surface area (Å²) >= 11 is 0. The average Bonchev–Trinajstić information content (AvgIpc) is 2.37. The van der Waals surface area contributed by atoms with Crippen molar-refractivity contribution in [3.8, 4) is 0 Å². The largest absolute Gasteiger partial charge is 0.0654 e. The van der Waals surface area contributed by atoms with E-state index in [0.29, 0.717) is 0 Å². The highest BCUT2D eigenvalue weighted by Gasteiger charge is 2.09. The van der Waals surface area contributed by atoms with Crippen molar-refractivity contribution in [2.24, 2.45) is 0 Å². The maximum Gasteiger partial charge on any atom is -0.0241 e. The van der Waals surface area contributed by atoms with Gasteiger partial charge in [0.1, 0.15) is 0 Å². The van der Waals surface area contributed by atoms with Gasteiger partial charge in [-0.05, 0) is 25.2 Å². The van der Waals surface area contributed by atoms with E-state index in [2.05, 4.69) is 6.92 Å². The van der Waals surface area contributed by atoms with E-state index >= 15 is 0 Å². The number of hydrogen-bond acceptors (Lipinski definition) is 0. The summed E-state index contributed by atoms with van der Waals surface area (Å²) in [7, 11) is 0. The molecule has 0 spiro atoms. The van der Waals surface area contributed by atoms with Crippen LogP contribution < -0.4 is 0 Å². The van der Waals surface area contributed by atoms with Crippen LogP contribution in [-0.4, -0.2) is 0 Å². The minimum atomic E-state index is 1.37. The van der Waals surface area contributed by atoms with Crippen molar-refractivity contribution in [2.45, 2.75) is 110 Å². The molecule has 1 saturated carbocycles. The molecule has 107 valence electrons. The predicted octanol–water partition coefficient (Wildman–Crippen LogP) is 6.84. The lowest BCUT2D eigenvalue weighted by atomic mass is 9.89. The third-order valence-electron chi connectivity index (χ3n) is 4.44. The minimum Gasteiger partial charge on any atom is -0.0654 e. The maximum absolute atomic E-state index is 2.31. The van der Waals surface area contributed by atoms with Crippen LogP contribution in [0.25, 0.3) is 0 Å². The fourth-order valence-corrected chi connectivity index (χ4v) is 3.16. The topological polar surface area (TPSA) is 0 Å². The van der Waals surface area contributed by atoms with Crippen LogP contribution in [0.1, 0.15) is 110 Å². The molecule has 0 aromatic rings. The highest BCUT2D eigenvalue weighted by Crippen LogP contribution is 2.27. The third kappa shape index (κ3) is 9.00. The molecule has 0 amide bonds. The molecule has 0 atom stereocenters. The Morgan fingerprint density at radius 3 is 1.61 bits per heavy atom. The molecule has 0 aliphatic heterocycles. The zero-order valence-electron chi connectivity index (χ0n) is 12.8. The molecule has 1 fully saturated rings. The summed E-state index contributed by atoms with van der Waals surface area (Å²) in [6.07, 6.45) is 23.4. The van der Waals surface area contributed by atoms with E-state index in [1.807, 2.05) is 5.92 Å². The van der Waals surface area contributed by atoms with Crippen molar-refractivity contribution < 1.29 is 0 Å². The van der Waals surface area contributed by atoms with Crippen LogP contribution in [0.2, 0.25) is 0 Å². The van der Waals surface area contributed by atoms with E-state index in [1.165, 1.54) is 103 Å². The number of unbranched alkanes of at least 4 members (excludes halogenated alkanes) is 3. The molecule has 0 saturated heterocycles. The van der Waals surface area contributed by atoms with E-state index < -0.39 is 0 Å². The van der Waals surface area contributed by atoms with Gasteiger partial charge < -0.3 is 0 Å². The van der Waals surface area contributed by atoms with Crippen LogP contribution in [0.15, 0.2) is 0 Å². The number of hydrogen-bond donors (Lipinski definition) is 0. The fraction of sp³-hybridized carbons (Fsp3) is 0.944. The highest BCUT2D eigenvalue weighted by molar-refractivity contribution is 4.89. The van der Waals surface area contributed by atoms with Gasteiger partial charge in [-0.15, -0.1) is 0 Å². The average molecular weight is 251 g/mol. The van der Waals surface area contributed by atoms with E-state index in [0.717, 1.165) is 0 Å². The molecule has 1 aliphatic carbocycles. The lowest BCUT2D eigenvalue weighted by Gasteiger charge is -2.17. The third-order valence-corrected chi connectivity index (χ3v) is 4.44. The fourth-order valence-electron chi connectivity index (χ4n) is 3.16. The quantitative estimate of drug-likeness (QED) is 0.469. The standard InChI is InChI=1S/C18H35/c1-2-3-4-12-15-18-16-13-10-8-6-5-7-9-11-14-17-18/h2-17H2,1H3. The SMILES string of the molecule is CCCCCC[C]1CCCCCCCCCCC1. The van der Waals surface area contributed by atoms with Gasteiger partial charge in [0.05, 0.1) is 0 Å². The van der Waals surface area contributed by atoms with Gasteiger partial charge in [0.25, 0.3) is 0 Å². The normalized spacial score (nSPS) is 21.2. The van der Waals surface area contributed by atoms with Gasteiger partial charge in [0, 0.05) is 0 Å². The van der Waals surface area contributed by atoms with Gasteiger partial charge >= 0.3 is 0 Å². The Morgan fingerprint density at radius 1 is 0.611 bits per heavy atom. The minimum absolute atomic E-state index is 1.37.